The molecule has 0 unspecified atom stereocenters. The smallest absolute Gasteiger partial charge is 0.161 e. The van der Waals surface area contributed by atoms with Gasteiger partial charge in [0.2, 0.25) is 0 Å². The molecule has 1 aromatic heterocycles. The second-order valence-corrected chi connectivity index (χ2v) is 3.80. The predicted molar refractivity (Wildman–Crippen MR) is 68.3 cm³/mol. The van der Waals surface area contributed by atoms with Gasteiger partial charge in [-0.3, -0.25) is 4.79 Å². The van der Waals surface area contributed by atoms with E-state index in [-0.39, 0.29) is 0 Å². The number of hydrogen-bond acceptors (Lipinski definition) is 3. The molecule has 4 nitrogen and oxygen atoms in total. The van der Waals surface area contributed by atoms with Crippen molar-refractivity contribution in [2.45, 2.75) is 6.54 Å². The normalized spacial score (nSPS) is 10.1. The fourth-order valence-corrected chi connectivity index (χ4v) is 1.66. The minimum atomic E-state index is 0.521. The van der Waals surface area contributed by atoms with Gasteiger partial charge in [0.05, 0.1) is 13.7 Å². The first kappa shape index (κ1) is 12.2. The molecule has 0 fully saturated rings. The van der Waals surface area contributed by atoms with Crippen LogP contribution in [-0.2, 0) is 6.54 Å². The largest absolute Gasteiger partial charge is 0.493 e. The molecule has 0 saturated carbocycles. The second-order valence-electron chi connectivity index (χ2n) is 3.80. The molecular weight excluding hydrogens is 230 g/mol. The third-order valence-electron chi connectivity index (χ3n) is 2.60. The van der Waals surface area contributed by atoms with Crippen molar-refractivity contribution in [3.8, 4) is 11.5 Å². The van der Waals surface area contributed by atoms with Crippen LogP contribution >= 0.6 is 0 Å². The van der Waals surface area contributed by atoms with Crippen molar-refractivity contribution in [3.05, 3.63) is 48.3 Å². The molecule has 0 bridgehead atoms. The van der Waals surface area contributed by atoms with Gasteiger partial charge in [-0.15, -0.1) is 0 Å². The average molecular weight is 245 g/mol. The standard InChI is InChI=1S/C14H15NO3/c1-17-13-5-4-12(11-16)10-14(13)18-9-8-15-6-2-3-7-15/h2-7,10-11H,8-9H2,1H3. The number of rotatable bonds is 6. The highest BCUT2D eigenvalue weighted by Crippen LogP contribution is 2.27. The van der Waals surface area contributed by atoms with Crippen molar-refractivity contribution >= 4 is 6.29 Å². The molecule has 94 valence electrons. The summed E-state index contributed by atoms with van der Waals surface area (Å²) in [7, 11) is 1.58. The minimum absolute atomic E-state index is 0.521. The quantitative estimate of drug-likeness (QED) is 0.734. The summed E-state index contributed by atoms with van der Waals surface area (Å²) in [5, 5.41) is 0. The lowest BCUT2D eigenvalue weighted by atomic mass is 10.2. The molecule has 1 aromatic carbocycles. The molecule has 18 heavy (non-hydrogen) atoms. The Morgan fingerprint density at radius 2 is 2.00 bits per heavy atom. The third-order valence-corrected chi connectivity index (χ3v) is 2.60. The van der Waals surface area contributed by atoms with Crippen LogP contribution in [0.15, 0.2) is 42.7 Å². The Kier molecular flexibility index (Phi) is 4.02. The van der Waals surface area contributed by atoms with Gasteiger partial charge < -0.3 is 14.0 Å². The van der Waals surface area contributed by atoms with Crippen molar-refractivity contribution in [2.24, 2.45) is 0 Å². The van der Waals surface area contributed by atoms with E-state index < -0.39 is 0 Å². The molecule has 2 aromatic rings. The van der Waals surface area contributed by atoms with E-state index in [2.05, 4.69) is 0 Å². The van der Waals surface area contributed by atoms with Gasteiger partial charge >= 0.3 is 0 Å². The van der Waals surface area contributed by atoms with Crippen LogP contribution in [0.2, 0.25) is 0 Å². The Morgan fingerprint density at radius 1 is 1.22 bits per heavy atom. The van der Waals surface area contributed by atoms with Crippen LogP contribution in [0.25, 0.3) is 0 Å². The number of methoxy groups -OCH3 is 1. The fourth-order valence-electron chi connectivity index (χ4n) is 1.66. The summed E-state index contributed by atoms with van der Waals surface area (Å²) < 4.78 is 12.8. The van der Waals surface area contributed by atoms with E-state index >= 15 is 0 Å². The highest BCUT2D eigenvalue weighted by Gasteiger charge is 2.05. The van der Waals surface area contributed by atoms with E-state index in [1.54, 1.807) is 25.3 Å². The molecule has 0 radical (unpaired) electrons. The fraction of sp³-hybridized carbons (Fsp3) is 0.214. The molecule has 0 aliphatic rings. The lowest BCUT2D eigenvalue weighted by molar-refractivity contribution is 0.112. The highest BCUT2D eigenvalue weighted by atomic mass is 16.5. The first-order valence-electron chi connectivity index (χ1n) is 5.70. The van der Waals surface area contributed by atoms with Crippen LogP contribution < -0.4 is 9.47 Å². The lowest BCUT2D eigenvalue weighted by Gasteiger charge is -2.11. The SMILES string of the molecule is COc1ccc(C=O)cc1OCCn1cccc1. The van der Waals surface area contributed by atoms with Gasteiger partial charge in [-0.1, -0.05) is 0 Å². The summed E-state index contributed by atoms with van der Waals surface area (Å²) in [6, 6.07) is 9.04. The molecule has 0 spiro atoms. The van der Waals surface area contributed by atoms with Gasteiger partial charge in [-0.05, 0) is 30.3 Å². The van der Waals surface area contributed by atoms with Crippen LogP contribution in [0.5, 0.6) is 11.5 Å². The van der Waals surface area contributed by atoms with Gasteiger partial charge in [0, 0.05) is 18.0 Å². The molecule has 0 aliphatic heterocycles. The van der Waals surface area contributed by atoms with E-state index in [1.807, 2.05) is 29.1 Å². The summed E-state index contributed by atoms with van der Waals surface area (Å²) in [5.74, 6) is 1.22. The van der Waals surface area contributed by atoms with Crippen molar-refractivity contribution in [3.63, 3.8) is 0 Å². The minimum Gasteiger partial charge on any atom is -0.493 e. The van der Waals surface area contributed by atoms with Gasteiger partial charge in [0.1, 0.15) is 12.9 Å². The Balaban J connectivity index is 2.00. The van der Waals surface area contributed by atoms with Gasteiger partial charge in [0.25, 0.3) is 0 Å². The van der Waals surface area contributed by atoms with Gasteiger partial charge in [-0.25, -0.2) is 0 Å². The first-order valence-corrected chi connectivity index (χ1v) is 5.70. The third kappa shape index (κ3) is 2.91. The summed E-state index contributed by atoms with van der Waals surface area (Å²) >= 11 is 0. The summed E-state index contributed by atoms with van der Waals surface area (Å²) in [4.78, 5) is 10.7. The van der Waals surface area contributed by atoms with E-state index in [0.29, 0.717) is 23.7 Å². The molecule has 0 N–H and O–H groups in total. The molecular formula is C14H15NO3. The van der Waals surface area contributed by atoms with E-state index in [1.165, 1.54) is 0 Å². The summed E-state index contributed by atoms with van der Waals surface area (Å²) in [6.45, 7) is 1.27. The number of hydrogen-bond donors (Lipinski definition) is 0. The molecule has 0 saturated heterocycles. The number of nitrogens with zero attached hydrogens (tertiary/aromatic N) is 1. The number of carbonyl (C=O) groups excluding carboxylic acids is 1. The van der Waals surface area contributed by atoms with Gasteiger partial charge in [-0.2, -0.15) is 0 Å². The van der Waals surface area contributed by atoms with Gasteiger partial charge in [0.15, 0.2) is 11.5 Å². The van der Waals surface area contributed by atoms with Crippen molar-refractivity contribution in [1.29, 1.82) is 0 Å². The number of aldehydes is 1. The maximum Gasteiger partial charge on any atom is 0.161 e. The summed E-state index contributed by atoms with van der Waals surface area (Å²) in [6.07, 6.45) is 4.74. The monoisotopic (exact) mass is 245 g/mol. The van der Waals surface area contributed by atoms with Crippen LogP contribution in [0, 0.1) is 0 Å². The lowest BCUT2D eigenvalue weighted by Crippen LogP contribution is -2.07. The zero-order valence-electron chi connectivity index (χ0n) is 10.2. The van der Waals surface area contributed by atoms with E-state index in [4.69, 9.17) is 9.47 Å². The zero-order chi connectivity index (χ0) is 12.8. The topological polar surface area (TPSA) is 40.5 Å². The second kappa shape index (κ2) is 5.91. The molecule has 0 amide bonds. The molecule has 0 aliphatic carbocycles. The molecule has 1 heterocycles. The Morgan fingerprint density at radius 3 is 2.67 bits per heavy atom. The maximum atomic E-state index is 10.7. The van der Waals surface area contributed by atoms with Crippen LogP contribution in [0.1, 0.15) is 10.4 Å². The molecule has 2 rings (SSSR count). The highest BCUT2D eigenvalue weighted by molar-refractivity contribution is 5.76. The Labute approximate surface area is 106 Å². The first-order chi connectivity index (χ1) is 8.83. The van der Waals surface area contributed by atoms with Crippen molar-refractivity contribution in [1.82, 2.24) is 4.57 Å². The number of carbonyl (C=O) groups is 1. The number of benzene rings is 1. The molecule has 4 heteroatoms. The zero-order valence-corrected chi connectivity index (χ0v) is 10.2. The van der Waals surface area contributed by atoms with Crippen LogP contribution in [-0.4, -0.2) is 24.6 Å². The number of aromatic nitrogens is 1. The number of ether oxygens (including phenoxy) is 2. The van der Waals surface area contributed by atoms with E-state index in [9.17, 15) is 4.79 Å². The Bertz CT molecular complexity index is 506. The van der Waals surface area contributed by atoms with Crippen molar-refractivity contribution in [2.75, 3.05) is 13.7 Å². The Hall–Kier alpha value is -2.23. The van der Waals surface area contributed by atoms with Crippen LogP contribution in [0.4, 0.5) is 0 Å². The van der Waals surface area contributed by atoms with Crippen molar-refractivity contribution < 1.29 is 14.3 Å². The van der Waals surface area contributed by atoms with Crippen LogP contribution in [0.3, 0.4) is 0 Å². The van der Waals surface area contributed by atoms with E-state index in [0.717, 1.165) is 12.8 Å². The predicted octanol–water partition coefficient (Wildman–Crippen LogP) is 2.39. The average Bonchev–Trinajstić information content (AvgIpc) is 2.92. The maximum absolute atomic E-state index is 10.7. The summed E-state index contributed by atoms with van der Waals surface area (Å²) in [5.41, 5.74) is 0.576. The molecule has 0 atom stereocenters.